The van der Waals surface area contributed by atoms with Gasteiger partial charge in [0.25, 0.3) is 0 Å². The summed E-state index contributed by atoms with van der Waals surface area (Å²) in [4.78, 5) is 2.31. The number of thioether (sulfide) groups is 1. The zero-order valence-corrected chi connectivity index (χ0v) is 12.0. The Bertz CT molecular complexity index is 314. The molecular weight excluding hydrogens is 270 g/mol. The number of halogens is 1. The van der Waals surface area contributed by atoms with Gasteiger partial charge in [-0.05, 0) is 36.4 Å². The molecule has 84 valence electrons. The fourth-order valence-corrected chi connectivity index (χ4v) is 2.51. The van der Waals surface area contributed by atoms with E-state index in [1.165, 1.54) is 22.6 Å². The number of hydrogen-bond donors (Lipinski definition) is 0. The highest BCUT2D eigenvalue weighted by atomic mass is 79.9. The van der Waals surface area contributed by atoms with Crippen LogP contribution in [0.25, 0.3) is 0 Å². The quantitative estimate of drug-likeness (QED) is 0.760. The minimum atomic E-state index is 0.938. The van der Waals surface area contributed by atoms with Crippen molar-refractivity contribution in [3.05, 3.63) is 29.3 Å². The summed E-state index contributed by atoms with van der Waals surface area (Å²) in [6, 6.07) is 6.66. The minimum absolute atomic E-state index is 0.938. The molecule has 0 aliphatic rings. The maximum atomic E-state index is 3.49. The third-order valence-electron chi connectivity index (χ3n) is 2.54. The van der Waals surface area contributed by atoms with Crippen molar-refractivity contribution in [1.82, 2.24) is 0 Å². The molecule has 0 amide bonds. The Hall–Kier alpha value is -0.150. The van der Waals surface area contributed by atoms with Crippen LogP contribution in [-0.4, -0.2) is 25.6 Å². The molecule has 1 nitrogen and oxygen atoms in total. The van der Waals surface area contributed by atoms with Gasteiger partial charge in [-0.1, -0.05) is 22.0 Å². The number of anilines is 1. The predicted molar refractivity (Wildman–Crippen MR) is 75.5 cm³/mol. The Kier molecular flexibility index (Phi) is 5.54. The number of rotatable bonds is 5. The Morgan fingerprint density at radius 1 is 1.40 bits per heavy atom. The van der Waals surface area contributed by atoms with Gasteiger partial charge in [0.15, 0.2) is 0 Å². The highest BCUT2D eigenvalue weighted by molar-refractivity contribution is 9.08. The molecule has 3 heteroatoms. The van der Waals surface area contributed by atoms with Crippen LogP contribution < -0.4 is 4.90 Å². The molecule has 1 rings (SSSR count). The van der Waals surface area contributed by atoms with Crippen molar-refractivity contribution < 1.29 is 0 Å². The molecule has 0 atom stereocenters. The fraction of sp³-hybridized carbons (Fsp3) is 0.500. The summed E-state index contributed by atoms with van der Waals surface area (Å²) >= 11 is 5.38. The molecule has 0 spiro atoms. The van der Waals surface area contributed by atoms with E-state index in [2.05, 4.69) is 59.3 Å². The topological polar surface area (TPSA) is 3.24 Å². The zero-order valence-electron chi connectivity index (χ0n) is 9.59. The van der Waals surface area contributed by atoms with Gasteiger partial charge in [-0.3, -0.25) is 0 Å². The average molecular weight is 288 g/mol. The van der Waals surface area contributed by atoms with Crippen LogP contribution in [0.1, 0.15) is 11.1 Å². The second-order valence-electron chi connectivity index (χ2n) is 3.66. The van der Waals surface area contributed by atoms with Crippen molar-refractivity contribution in [1.29, 1.82) is 0 Å². The van der Waals surface area contributed by atoms with Crippen LogP contribution in [0.2, 0.25) is 0 Å². The van der Waals surface area contributed by atoms with Gasteiger partial charge < -0.3 is 4.90 Å². The Labute approximate surface area is 105 Å². The molecule has 0 heterocycles. The van der Waals surface area contributed by atoms with E-state index in [1.807, 2.05) is 11.8 Å². The molecule has 0 N–H and O–H groups in total. The van der Waals surface area contributed by atoms with E-state index in [0.717, 1.165) is 11.9 Å². The summed E-state index contributed by atoms with van der Waals surface area (Å²) < 4.78 is 0. The van der Waals surface area contributed by atoms with Gasteiger partial charge in [0.2, 0.25) is 0 Å². The summed E-state index contributed by atoms with van der Waals surface area (Å²) in [7, 11) is 2.15. The van der Waals surface area contributed by atoms with E-state index < -0.39 is 0 Å². The summed E-state index contributed by atoms with van der Waals surface area (Å²) in [6.07, 6.45) is 2.15. The first-order valence-electron chi connectivity index (χ1n) is 5.04. The maximum Gasteiger partial charge on any atom is 0.0366 e. The number of alkyl halides is 1. The second kappa shape index (κ2) is 6.44. The lowest BCUT2D eigenvalue weighted by Crippen LogP contribution is -2.20. The smallest absolute Gasteiger partial charge is 0.0366 e. The lowest BCUT2D eigenvalue weighted by molar-refractivity contribution is 0.975. The first-order chi connectivity index (χ1) is 7.19. The molecule has 0 saturated carbocycles. The van der Waals surface area contributed by atoms with Gasteiger partial charge in [0, 0.05) is 30.4 Å². The molecule has 0 saturated heterocycles. The largest absolute Gasteiger partial charge is 0.374 e. The molecular formula is C12H18BrNS. The second-order valence-corrected chi connectivity index (χ2v) is 5.21. The molecule has 0 aromatic heterocycles. The molecule has 0 bridgehead atoms. The van der Waals surface area contributed by atoms with Crippen LogP contribution in [0.3, 0.4) is 0 Å². The van der Waals surface area contributed by atoms with Gasteiger partial charge >= 0.3 is 0 Å². The van der Waals surface area contributed by atoms with Crippen molar-refractivity contribution in [2.75, 3.05) is 30.5 Å². The summed E-state index contributed by atoms with van der Waals surface area (Å²) in [5, 5.41) is 0.938. The normalized spacial score (nSPS) is 10.4. The van der Waals surface area contributed by atoms with Crippen molar-refractivity contribution in [2.45, 2.75) is 12.3 Å². The van der Waals surface area contributed by atoms with Gasteiger partial charge in [0.1, 0.15) is 0 Å². The highest BCUT2D eigenvalue weighted by Crippen LogP contribution is 2.20. The van der Waals surface area contributed by atoms with E-state index in [9.17, 15) is 0 Å². The van der Waals surface area contributed by atoms with Gasteiger partial charge in [-0.15, -0.1) is 0 Å². The molecule has 0 aliphatic carbocycles. The van der Waals surface area contributed by atoms with E-state index in [1.54, 1.807) is 0 Å². The summed E-state index contributed by atoms with van der Waals surface area (Å²) in [6.45, 7) is 3.27. The maximum absolute atomic E-state index is 3.49. The first-order valence-corrected chi connectivity index (χ1v) is 7.56. The molecule has 0 aliphatic heterocycles. The highest BCUT2D eigenvalue weighted by Gasteiger charge is 2.02. The van der Waals surface area contributed by atoms with E-state index in [4.69, 9.17) is 0 Å². The van der Waals surface area contributed by atoms with E-state index in [0.29, 0.717) is 0 Å². The Balaban J connectivity index is 2.73. The van der Waals surface area contributed by atoms with Crippen LogP contribution in [0.15, 0.2) is 18.2 Å². The fourth-order valence-electron chi connectivity index (χ4n) is 1.42. The van der Waals surface area contributed by atoms with Crippen LogP contribution in [-0.2, 0) is 5.33 Å². The SMILES string of the molecule is CSCCN(C)c1ccc(CBr)c(C)c1. The van der Waals surface area contributed by atoms with Crippen molar-refractivity contribution in [2.24, 2.45) is 0 Å². The Morgan fingerprint density at radius 2 is 2.13 bits per heavy atom. The minimum Gasteiger partial charge on any atom is -0.374 e. The van der Waals surface area contributed by atoms with E-state index in [-0.39, 0.29) is 0 Å². The third-order valence-corrected chi connectivity index (χ3v) is 3.74. The lowest BCUT2D eigenvalue weighted by Gasteiger charge is -2.19. The number of benzene rings is 1. The average Bonchev–Trinajstić information content (AvgIpc) is 2.25. The van der Waals surface area contributed by atoms with Crippen LogP contribution >= 0.6 is 27.7 Å². The van der Waals surface area contributed by atoms with Gasteiger partial charge in [-0.25, -0.2) is 0 Å². The van der Waals surface area contributed by atoms with Crippen LogP contribution in [0.4, 0.5) is 5.69 Å². The molecule has 15 heavy (non-hydrogen) atoms. The molecule has 0 fully saturated rings. The molecule has 1 aromatic rings. The van der Waals surface area contributed by atoms with Gasteiger partial charge in [0.05, 0.1) is 0 Å². The lowest BCUT2D eigenvalue weighted by atomic mass is 10.1. The van der Waals surface area contributed by atoms with Crippen LogP contribution in [0.5, 0.6) is 0 Å². The zero-order chi connectivity index (χ0) is 11.3. The molecule has 1 aromatic carbocycles. The Morgan fingerprint density at radius 3 is 2.67 bits per heavy atom. The van der Waals surface area contributed by atoms with Crippen LogP contribution in [0, 0.1) is 6.92 Å². The van der Waals surface area contributed by atoms with Crippen molar-refractivity contribution in [3.63, 3.8) is 0 Å². The number of aryl methyl sites for hydroxylation is 1. The summed E-state index contributed by atoms with van der Waals surface area (Å²) in [5.41, 5.74) is 4.05. The number of nitrogens with zero attached hydrogens (tertiary/aromatic N) is 1. The first kappa shape index (κ1) is 12.9. The molecule has 0 radical (unpaired) electrons. The standard InChI is InChI=1S/C12H18BrNS/c1-10-8-12(5-4-11(10)9-13)14(2)6-7-15-3/h4-5,8H,6-7,9H2,1-3H3. The molecule has 0 unspecified atom stereocenters. The van der Waals surface area contributed by atoms with Gasteiger partial charge in [-0.2, -0.15) is 11.8 Å². The third kappa shape index (κ3) is 3.72. The van der Waals surface area contributed by atoms with Crippen molar-refractivity contribution >= 4 is 33.4 Å². The predicted octanol–water partition coefficient (Wildman–Crippen LogP) is 3.69. The van der Waals surface area contributed by atoms with Crippen molar-refractivity contribution in [3.8, 4) is 0 Å². The summed E-state index contributed by atoms with van der Waals surface area (Å²) in [5.74, 6) is 1.18. The number of hydrogen-bond acceptors (Lipinski definition) is 2. The monoisotopic (exact) mass is 287 g/mol. The van der Waals surface area contributed by atoms with E-state index >= 15 is 0 Å².